The maximum absolute atomic E-state index is 11.3. The number of aromatic hydroxyl groups is 1. The minimum atomic E-state index is -1.56. The molecule has 8 aromatic rings. The Morgan fingerprint density at radius 1 is 0.440 bits per heavy atom. The van der Waals surface area contributed by atoms with Gasteiger partial charge in [0, 0.05) is 129 Å². The van der Waals surface area contributed by atoms with E-state index in [1.165, 1.54) is 12.4 Å². The topological polar surface area (TPSA) is 548 Å². The van der Waals surface area contributed by atoms with Crippen molar-refractivity contribution in [1.82, 2.24) is 151 Å². The smallest absolute Gasteiger partial charge is 0.380 e. The van der Waals surface area contributed by atoms with E-state index in [2.05, 4.69) is 220 Å². The summed E-state index contributed by atoms with van der Waals surface area (Å²) in [5.41, 5.74) is 0.982. The van der Waals surface area contributed by atoms with E-state index in [1.54, 1.807) is 18.1 Å². The zero-order valence-corrected chi connectivity index (χ0v) is 92.0. The Bertz CT molecular complexity index is 4750. The quantitative estimate of drug-likeness (QED) is 0.0143. The normalized spacial score (nSPS) is 13.0. The van der Waals surface area contributed by atoms with E-state index in [1.807, 2.05) is 194 Å². The Hall–Kier alpha value is -10.9. The molecule has 2 aliphatic heterocycles. The van der Waals surface area contributed by atoms with Crippen molar-refractivity contribution in [2.75, 3.05) is 382 Å². The van der Waals surface area contributed by atoms with Gasteiger partial charge >= 0.3 is 45.1 Å². The Morgan fingerprint density at radius 3 is 1.24 bits per heavy atom. The summed E-state index contributed by atoms with van der Waals surface area (Å²) in [6.45, 7) is 20.9. The molecule has 141 heavy (non-hydrogen) atoms. The molecule has 0 bridgehead atoms. The molecule has 2 unspecified atom stereocenters. The van der Waals surface area contributed by atoms with E-state index in [0.717, 1.165) is 212 Å². The molecule has 9 heterocycles. The summed E-state index contributed by atoms with van der Waals surface area (Å²) >= 11 is 8.07. The summed E-state index contributed by atoms with van der Waals surface area (Å²) in [6, 6.07) is 1.62. The van der Waals surface area contributed by atoms with Crippen LogP contribution >= 0.6 is 24.4 Å². The number of aryl methyl sites for hydroxylation is 1. The lowest BCUT2D eigenvalue weighted by Crippen LogP contribution is -2.45. The van der Waals surface area contributed by atoms with Gasteiger partial charge in [0.15, 0.2) is 18.2 Å². The largest absolute Gasteiger partial charge is 0.502 e. The number of carbonyl (C=O) groups excluding carboxylic acids is 2. The highest BCUT2D eigenvalue weighted by molar-refractivity contribution is 7.79. The number of nitrogens with zero attached hydrogens (tertiary/aromatic N) is 28. The van der Waals surface area contributed by atoms with Crippen LogP contribution in [-0.2, 0) is 20.3 Å². The monoisotopic (exact) mass is 2060 g/mol. The van der Waals surface area contributed by atoms with Gasteiger partial charge < -0.3 is 122 Å². The Morgan fingerprint density at radius 2 is 0.879 bits per heavy atom. The molecule has 1 aromatic carbocycles. The van der Waals surface area contributed by atoms with Crippen LogP contribution in [0.2, 0.25) is 0 Å². The van der Waals surface area contributed by atoms with Crippen LogP contribution in [0.3, 0.4) is 0 Å². The Balaban J connectivity index is 0.000000783. The van der Waals surface area contributed by atoms with E-state index in [9.17, 15) is 42.9 Å². The second-order valence-electron chi connectivity index (χ2n) is 36.3. The van der Waals surface area contributed by atoms with Gasteiger partial charge in [0.1, 0.15) is 23.0 Å². The van der Waals surface area contributed by atoms with Gasteiger partial charge in [-0.2, -0.15) is 29.4 Å². The lowest BCUT2D eigenvalue weighted by atomic mass is 10.2. The second-order valence-corrected chi connectivity index (χ2v) is 37.8. The lowest BCUT2D eigenvalue weighted by molar-refractivity contribution is -0.123. The van der Waals surface area contributed by atoms with Crippen molar-refractivity contribution in [1.29, 1.82) is 0 Å². The average Bonchev–Trinajstić information content (AvgIpc) is 1.52. The van der Waals surface area contributed by atoms with Gasteiger partial charge in [-0.05, 0) is 309 Å². The van der Waals surface area contributed by atoms with Crippen molar-refractivity contribution in [3.8, 4) is 5.75 Å². The molecule has 3 amide bonds. The zero-order valence-electron chi connectivity index (χ0n) is 89.5. The molecule has 0 saturated carbocycles. The van der Waals surface area contributed by atoms with Gasteiger partial charge in [0.2, 0.25) is 34.5 Å². The predicted molar refractivity (Wildman–Crippen MR) is 565 cm³/mol. The first kappa shape index (κ1) is 128. The molecular weight excluding hydrogens is 1890 g/mol. The van der Waals surface area contributed by atoms with Crippen LogP contribution in [-0.4, -0.2) is 511 Å². The standard InChI is InChI=1S/C10H16N2O3.C9H19N5.C9H18N4O2.2C9H17N3O2.C8H17N5O.C8H17N5S.C8H16N4OS.C8H16N4O.C7H16N4O2S/c1-11(2)5-4-6-12(3)7-8(13)10(15)9(7)14;1-8-10-9(12-11-8)14(4)7-5-6-13(2)3;1-12(2)5-4-6-13(3)7-8(14)11-9(15)10-7;1-11(2)5-4-6-12(3)8-7-10-14-9(8)13;1-11(2)5-4-6-12(3)8-7-9(13)14-10-8;2*1-12(2)5-4-6-13(3)7-9-8(14)11-10-7;1-11(2)5-4-6-12(3)7-9-8(14)13-10-7;1-11(2)5-4-6-12(3)8-9-7-10-13-8;1-10(2)5-4-6-11(3)7-8-13-14(12)9-7/h13H,4-6H2,1-3H3;5-7H2,1-4H3,(H,10,11,12);7H,4-6H2,1-3H3,(H2,10,11,14,15);2*7,10H,4-6H2,1-3H3;2*4-6H2,1-3H3,(H2,9,10,11,14);4-6H2,1-3H3,(H,9,10,14);7H,4-6H2,1-3H3;4-6H2,1-3H3,(H,8,9). The first-order valence-electron chi connectivity index (χ1n) is 46.3. The van der Waals surface area contributed by atoms with Crippen molar-refractivity contribution in [2.24, 2.45) is 4.40 Å². The van der Waals surface area contributed by atoms with Crippen LogP contribution in [0.25, 0.3) is 0 Å². The summed E-state index contributed by atoms with van der Waals surface area (Å²) < 4.78 is 38.5. The Kier molecular flexibility index (Phi) is 65.0. The van der Waals surface area contributed by atoms with Crippen LogP contribution in [0.5, 0.6) is 5.75 Å². The highest BCUT2D eigenvalue weighted by Gasteiger charge is 2.32. The minimum absolute atomic E-state index is 0.152. The fourth-order valence-corrected chi connectivity index (χ4v) is 13.0. The molecule has 7 aromatic heterocycles. The summed E-state index contributed by atoms with van der Waals surface area (Å²) in [5.74, 6) is 4.31. The van der Waals surface area contributed by atoms with Crippen molar-refractivity contribution in [3.63, 3.8) is 0 Å². The maximum atomic E-state index is 11.3. The number of likely N-dealkylation sites (N-methyl/N-ethyl adjacent to an activating group) is 1. The number of aromatic nitrogens is 15. The summed E-state index contributed by atoms with van der Waals surface area (Å²) in [5, 5.41) is 43.9. The third-order valence-electron chi connectivity index (χ3n) is 20.2. The van der Waals surface area contributed by atoms with Gasteiger partial charge in [-0.25, -0.2) is 44.3 Å². The number of aromatic amines is 8. The maximum Gasteiger partial charge on any atom is 0.380 e. The second kappa shape index (κ2) is 71.5. The average molecular weight is 2060 g/mol. The number of rotatable bonds is 49. The number of hydroxylamine groups is 1. The number of hydrogen-bond acceptors (Lipinski definition) is 44. The first-order chi connectivity index (χ1) is 66.3. The third-order valence-corrected chi connectivity index (χ3v) is 21.1. The molecule has 806 valence electrons. The number of carbonyl (C=O) groups is 2. The first-order valence-corrected chi connectivity index (χ1v) is 48.2. The highest BCUT2D eigenvalue weighted by atomic mass is 32.2. The van der Waals surface area contributed by atoms with Crippen LogP contribution in [0.1, 0.15) is 70.0 Å². The van der Waals surface area contributed by atoms with Gasteiger partial charge in [0.25, 0.3) is 16.8 Å². The highest BCUT2D eigenvalue weighted by Crippen LogP contribution is 2.20. The number of amides is 3. The van der Waals surface area contributed by atoms with Crippen LogP contribution in [0.4, 0.5) is 51.8 Å². The molecule has 56 heteroatoms. The zero-order chi connectivity index (χ0) is 107. The molecule has 1 saturated heterocycles. The summed E-state index contributed by atoms with van der Waals surface area (Å²) in [4.78, 5) is 136. The number of anilines is 8. The number of hydrogen-bond donors (Lipinski definition) is 12. The predicted octanol–water partition coefficient (Wildman–Crippen LogP) is 0.882. The van der Waals surface area contributed by atoms with Gasteiger partial charge in [0.05, 0.1) is 12.3 Å². The van der Waals surface area contributed by atoms with E-state index >= 15 is 0 Å². The Labute approximate surface area is 843 Å². The molecule has 10 rings (SSSR count). The minimum Gasteiger partial charge on any atom is -0.502 e. The molecule has 12 N–H and O–H groups in total. The van der Waals surface area contributed by atoms with E-state index < -0.39 is 40.1 Å². The molecule has 0 aliphatic carbocycles. The van der Waals surface area contributed by atoms with Crippen LogP contribution in [0, 0.1) is 16.5 Å². The summed E-state index contributed by atoms with van der Waals surface area (Å²) in [7, 11) is 59.8. The SMILES string of the molecule is CN(C)CCCN(C)C1=NS(=O)ON1.CN(C)CCCN(C)C1NC(=O)NC1=O.CN(C)CCCN(C)c1c(O)c(=O)c1=O.CN(C)CCCN(C)c1c[nH]oc1=O.CN(C)CCCN(C)c1cc(=O)o[nH]1.CN(C)CCCN(C)c1n[nH]c(=O)[nH]1.CN(C)CCCN(C)c1nc(=S)[nH][nH]1.CN(C)CCCN(C)c1nc(=S)o[nH]1.CN(C)CCCN(C)c1ncno1.Cc1nc(N(C)CCCN(C)C)n[nH]1. The number of urea groups is 1. The number of imide groups is 1. The fraction of sp³-hybridized carbons (Fsp3) is 0.729. The third kappa shape index (κ3) is 59.0. The summed E-state index contributed by atoms with van der Waals surface area (Å²) in [6.07, 6.45) is 12.9. The van der Waals surface area contributed by atoms with Crippen molar-refractivity contribution < 1.29 is 41.3 Å². The molecular formula is C85H169N39O14S3. The number of nitrogens with one attached hydrogen (secondary N) is 11. The van der Waals surface area contributed by atoms with Crippen molar-refractivity contribution in [3.05, 3.63) is 85.8 Å². The lowest BCUT2D eigenvalue weighted by Gasteiger charge is -2.22. The van der Waals surface area contributed by atoms with Crippen LogP contribution in [0.15, 0.2) is 65.1 Å². The fourth-order valence-electron chi connectivity index (χ4n) is 12.2. The number of guanidine groups is 1. The van der Waals surface area contributed by atoms with Crippen LogP contribution < -0.4 is 83.1 Å². The molecule has 2 aliphatic rings. The number of H-pyrrole nitrogens is 8. The van der Waals surface area contributed by atoms with E-state index in [0.29, 0.717) is 40.9 Å². The van der Waals surface area contributed by atoms with Crippen molar-refractivity contribution >= 4 is 101 Å². The van der Waals surface area contributed by atoms with Gasteiger partial charge in [-0.1, -0.05) is 5.16 Å². The molecule has 0 radical (unpaired) electrons. The molecule has 1 fully saturated rings. The van der Waals surface area contributed by atoms with Crippen molar-refractivity contribution in [2.45, 2.75) is 77.3 Å². The van der Waals surface area contributed by atoms with Gasteiger partial charge in [-0.3, -0.25) is 44.9 Å². The molecule has 53 nitrogen and oxygen atoms in total. The van der Waals surface area contributed by atoms with E-state index in [4.69, 9.17) is 33.5 Å². The molecule has 2 atom stereocenters. The van der Waals surface area contributed by atoms with E-state index in [-0.39, 0.29) is 33.4 Å². The van der Waals surface area contributed by atoms with Gasteiger partial charge in [-0.15, -0.1) is 14.6 Å². The molecule has 0 spiro atoms.